The van der Waals surface area contributed by atoms with E-state index in [4.69, 9.17) is 5.73 Å². The van der Waals surface area contributed by atoms with E-state index in [0.29, 0.717) is 30.7 Å². The Morgan fingerprint density at radius 2 is 1.90 bits per heavy atom. The molecule has 31 heavy (non-hydrogen) atoms. The third kappa shape index (κ3) is 2.68. The van der Waals surface area contributed by atoms with Gasteiger partial charge in [-0.3, -0.25) is 4.79 Å². The highest BCUT2D eigenvalue weighted by atomic mass is 16.3. The number of nitrogens with two attached hydrogens (primary N) is 1. The summed E-state index contributed by atoms with van der Waals surface area (Å²) < 4.78 is 0. The van der Waals surface area contributed by atoms with Gasteiger partial charge in [0.2, 0.25) is 5.91 Å². The molecule has 0 heterocycles. The highest BCUT2D eigenvalue weighted by Gasteiger charge is 2.66. The van der Waals surface area contributed by atoms with Crippen molar-refractivity contribution in [3.63, 3.8) is 0 Å². The van der Waals surface area contributed by atoms with Gasteiger partial charge in [0.1, 0.15) is 5.75 Å². The Morgan fingerprint density at radius 1 is 1.19 bits per heavy atom. The van der Waals surface area contributed by atoms with E-state index < -0.39 is 11.0 Å². The van der Waals surface area contributed by atoms with Crippen LogP contribution in [0.2, 0.25) is 0 Å². The molecule has 2 aromatic carbocycles. The van der Waals surface area contributed by atoms with E-state index >= 15 is 0 Å². The van der Waals surface area contributed by atoms with Gasteiger partial charge in [-0.2, -0.15) is 0 Å². The predicted octanol–water partition coefficient (Wildman–Crippen LogP) is 3.19. The lowest BCUT2D eigenvalue weighted by Gasteiger charge is -2.59. The molecule has 3 aliphatic carbocycles. The molecule has 0 spiro atoms. The fourth-order valence-corrected chi connectivity index (χ4v) is 7.05. The summed E-state index contributed by atoms with van der Waals surface area (Å²) in [5.41, 5.74) is 9.49. The first-order chi connectivity index (χ1) is 14.7. The average Bonchev–Trinajstić information content (AvgIpc) is 3.07. The second kappa shape index (κ2) is 6.73. The number of phenolic OH excluding ortho intramolecular Hbond substituents is 1. The van der Waals surface area contributed by atoms with Crippen molar-refractivity contribution in [2.45, 2.75) is 63.0 Å². The fraction of sp³-hybridized carbons (Fsp3) is 0.500. The molecule has 164 valence electrons. The molecule has 0 radical (unpaired) electrons. The smallest absolute Gasteiger partial charge is 0.226 e. The number of nitrogen functional groups attached to an aromatic ring is 1. The normalized spacial score (nSPS) is 33.1. The molecule has 0 aromatic heterocycles. The van der Waals surface area contributed by atoms with Crippen LogP contribution in [0.4, 0.5) is 5.69 Å². The van der Waals surface area contributed by atoms with Crippen LogP contribution in [0.15, 0.2) is 36.4 Å². The van der Waals surface area contributed by atoms with Gasteiger partial charge in [0.25, 0.3) is 0 Å². The first-order valence-electron chi connectivity index (χ1n) is 11.3. The molecular formula is C26H32N2O3. The standard InChI is InChI=1S/C26H32N2O3/c1-15-12-17-6-9-22(29)19-14-20-21(10-11-26(15,31)25(20,2)24(17)19)28(3)23(30)13-16-4-7-18(27)8-5-16/h4-9,15,20-21,29,31H,10-14,27H2,1-3H3. The van der Waals surface area contributed by atoms with Crippen LogP contribution >= 0.6 is 0 Å². The minimum absolute atomic E-state index is 0.0245. The van der Waals surface area contributed by atoms with Gasteiger partial charge in [0, 0.05) is 24.2 Å². The summed E-state index contributed by atoms with van der Waals surface area (Å²) in [6.07, 6.45) is 3.30. The van der Waals surface area contributed by atoms with Gasteiger partial charge in [-0.05, 0) is 78.0 Å². The Hall–Kier alpha value is -2.53. The highest BCUT2D eigenvalue weighted by molar-refractivity contribution is 5.79. The molecule has 1 amide bonds. The largest absolute Gasteiger partial charge is 0.508 e. The van der Waals surface area contributed by atoms with Crippen LogP contribution in [0.5, 0.6) is 5.75 Å². The number of benzene rings is 2. The SMILES string of the molecule is CC1Cc2ccc(O)c3c2C2(C)C(C3)C(N(C)C(=O)Cc3ccc(N)cc3)CCC12O. The monoisotopic (exact) mass is 420 g/mol. The predicted molar refractivity (Wildman–Crippen MR) is 121 cm³/mol. The van der Waals surface area contributed by atoms with Crippen LogP contribution in [-0.4, -0.2) is 39.7 Å². The van der Waals surface area contributed by atoms with Gasteiger partial charge in [0.15, 0.2) is 0 Å². The maximum atomic E-state index is 13.2. The Morgan fingerprint density at radius 3 is 2.61 bits per heavy atom. The number of hydrogen-bond donors (Lipinski definition) is 3. The molecule has 0 saturated heterocycles. The van der Waals surface area contributed by atoms with E-state index in [9.17, 15) is 15.0 Å². The zero-order chi connectivity index (χ0) is 22.1. The van der Waals surface area contributed by atoms with Crippen molar-refractivity contribution in [2.75, 3.05) is 12.8 Å². The number of amides is 1. The van der Waals surface area contributed by atoms with E-state index in [2.05, 4.69) is 13.8 Å². The molecule has 2 aromatic rings. The molecule has 5 unspecified atom stereocenters. The first-order valence-corrected chi connectivity index (χ1v) is 11.3. The Bertz CT molecular complexity index is 1050. The number of nitrogens with zero attached hydrogens (tertiary/aromatic N) is 1. The van der Waals surface area contributed by atoms with Gasteiger partial charge < -0.3 is 20.8 Å². The second-order valence-corrected chi connectivity index (χ2v) is 10.2. The van der Waals surface area contributed by atoms with E-state index in [1.807, 2.05) is 42.3 Å². The molecule has 5 heteroatoms. The summed E-state index contributed by atoms with van der Waals surface area (Å²) in [7, 11) is 1.90. The third-order valence-electron chi connectivity index (χ3n) is 8.81. The maximum Gasteiger partial charge on any atom is 0.226 e. The molecular weight excluding hydrogens is 388 g/mol. The zero-order valence-electron chi connectivity index (χ0n) is 18.6. The third-order valence-corrected chi connectivity index (χ3v) is 8.81. The van der Waals surface area contributed by atoms with Crippen LogP contribution in [0.1, 0.15) is 48.9 Å². The molecule has 0 aliphatic heterocycles. The number of carbonyl (C=O) groups excluding carboxylic acids is 1. The van der Waals surface area contributed by atoms with Gasteiger partial charge in [-0.25, -0.2) is 0 Å². The zero-order valence-corrected chi connectivity index (χ0v) is 18.6. The number of likely N-dealkylation sites (N-methyl/N-ethyl adjacent to an activating group) is 1. The molecule has 1 saturated carbocycles. The van der Waals surface area contributed by atoms with Gasteiger partial charge in [-0.1, -0.05) is 32.0 Å². The second-order valence-electron chi connectivity index (χ2n) is 10.2. The lowest BCUT2D eigenvalue weighted by Crippen LogP contribution is -2.66. The quantitative estimate of drug-likeness (QED) is 0.666. The van der Waals surface area contributed by atoms with Crippen LogP contribution in [0, 0.1) is 11.8 Å². The minimum Gasteiger partial charge on any atom is -0.508 e. The average molecular weight is 421 g/mol. The van der Waals surface area contributed by atoms with E-state index in [0.717, 1.165) is 29.5 Å². The summed E-state index contributed by atoms with van der Waals surface area (Å²) in [6.45, 7) is 4.32. The fourth-order valence-electron chi connectivity index (χ4n) is 7.05. The molecule has 1 fully saturated rings. The number of aliphatic hydroxyl groups is 1. The van der Waals surface area contributed by atoms with Crippen LogP contribution in [0.25, 0.3) is 0 Å². The number of carbonyl (C=O) groups is 1. The summed E-state index contributed by atoms with van der Waals surface area (Å²) in [6, 6.07) is 11.3. The van der Waals surface area contributed by atoms with Gasteiger partial charge >= 0.3 is 0 Å². The van der Waals surface area contributed by atoms with Crippen molar-refractivity contribution in [1.29, 1.82) is 0 Å². The first kappa shape index (κ1) is 20.4. The summed E-state index contributed by atoms with van der Waals surface area (Å²) >= 11 is 0. The molecule has 5 nitrogen and oxygen atoms in total. The van der Waals surface area contributed by atoms with Crippen molar-refractivity contribution in [3.8, 4) is 5.75 Å². The van der Waals surface area contributed by atoms with Crippen molar-refractivity contribution in [1.82, 2.24) is 4.90 Å². The number of anilines is 1. The van der Waals surface area contributed by atoms with Crippen molar-refractivity contribution >= 4 is 11.6 Å². The van der Waals surface area contributed by atoms with Crippen molar-refractivity contribution in [2.24, 2.45) is 11.8 Å². The number of aromatic hydroxyl groups is 1. The molecule has 0 bridgehead atoms. The van der Waals surface area contributed by atoms with Gasteiger partial charge in [-0.15, -0.1) is 0 Å². The summed E-state index contributed by atoms with van der Waals surface area (Å²) in [4.78, 5) is 15.1. The van der Waals surface area contributed by atoms with Crippen LogP contribution in [-0.2, 0) is 29.5 Å². The summed E-state index contributed by atoms with van der Waals surface area (Å²) in [5, 5.41) is 22.6. The highest BCUT2D eigenvalue weighted by Crippen LogP contribution is 2.63. The Labute approximate surface area is 183 Å². The lowest BCUT2D eigenvalue weighted by molar-refractivity contribution is -0.156. The van der Waals surface area contributed by atoms with Crippen LogP contribution in [0.3, 0.4) is 0 Å². The number of hydrogen-bond acceptors (Lipinski definition) is 4. The molecule has 5 rings (SSSR count). The Kier molecular flexibility index (Phi) is 4.43. The van der Waals surface area contributed by atoms with Gasteiger partial charge in [0.05, 0.1) is 12.0 Å². The van der Waals surface area contributed by atoms with E-state index in [1.54, 1.807) is 6.07 Å². The molecule has 5 atom stereocenters. The molecule has 3 aliphatic rings. The topological polar surface area (TPSA) is 86.8 Å². The minimum atomic E-state index is -0.818. The van der Waals surface area contributed by atoms with E-state index in [1.165, 1.54) is 5.56 Å². The van der Waals surface area contributed by atoms with Crippen molar-refractivity contribution < 1.29 is 15.0 Å². The number of rotatable bonds is 3. The maximum absolute atomic E-state index is 13.2. The summed E-state index contributed by atoms with van der Waals surface area (Å²) in [5.74, 6) is 0.616. The van der Waals surface area contributed by atoms with E-state index in [-0.39, 0.29) is 23.8 Å². The Balaban J connectivity index is 1.50. The molecule has 4 N–H and O–H groups in total. The van der Waals surface area contributed by atoms with Crippen LogP contribution < -0.4 is 5.73 Å². The lowest BCUT2D eigenvalue weighted by atomic mass is 9.49. The van der Waals surface area contributed by atoms with Crippen molar-refractivity contribution in [3.05, 3.63) is 58.7 Å². The number of phenols is 1.